The van der Waals surface area contributed by atoms with E-state index >= 15 is 0 Å². The van der Waals surface area contributed by atoms with E-state index in [1.807, 2.05) is 0 Å². The number of rotatable bonds is 0. The van der Waals surface area contributed by atoms with E-state index in [9.17, 15) is 12.6 Å². The Bertz CT molecular complexity index is 223. The zero-order valence-electron chi connectivity index (χ0n) is 8.08. The molecule has 0 aromatic carbocycles. The minimum absolute atomic E-state index is 0. The summed E-state index contributed by atoms with van der Waals surface area (Å²) in [5.74, 6) is 0. The third-order valence-electron chi connectivity index (χ3n) is 0. The second kappa shape index (κ2) is 16.3. The van der Waals surface area contributed by atoms with Crippen LogP contribution in [0, 0.1) is 0 Å². The van der Waals surface area contributed by atoms with Crippen molar-refractivity contribution in [2.75, 3.05) is 0 Å². The van der Waals surface area contributed by atoms with Crippen molar-refractivity contribution in [3.8, 4) is 0 Å². The molecular formula is AlF3FeKO9P3. The number of hydrogen-bond acceptors (Lipinski definition) is 9. The standard InChI is InChI=1S/Al.3FH2O3P.Fe.K/c;3*1-5(2,3)4;;/h;3*(H2,2,3,4);;/q+3;;;;+2;+1/p-6. The third kappa shape index (κ3) is 710. The molecule has 0 aliphatic carbocycles. The Kier molecular flexibility index (Phi) is 33.8. The Morgan fingerprint density at radius 1 is 0.611 bits per heavy atom. The molecule has 0 atom stereocenters. The van der Waals surface area contributed by atoms with Gasteiger partial charge in [0.25, 0.3) is 0 Å². The van der Waals surface area contributed by atoms with Gasteiger partial charge < -0.3 is 43.1 Å². The van der Waals surface area contributed by atoms with Gasteiger partial charge in [-0.2, -0.15) is 0 Å². The van der Waals surface area contributed by atoms with Crippen LogP contribution < -0.4 is 80.7 Å². The molecule has 0 fully saturated rings. The molecule has 0 bridgehead atoms. The quantitative estimate of drug-likeness (QED) is 0.273. The van der Waals surface area contributed by atoms with Crippen LogP contribution in [0.15, 0.2) is 0 Å². The first kappa shape index (κ1) is 37.3. The number of hydrogen-bond donors (Lipinski definition) is 0. The zero-order valence-corrected chi connectivity index (χ0v) is 16.1. The normalized spacial score (nSPS) is 9.83. The largest absolute Gasteiger partial charge is 3.00 e. The Morgan fingerprint density at radius 3 is 0.611 bits per heavy atom. The summed E-state index contributed by atoms with van der Waals surface area (Å²) >= 11 is 0. The van der Waals surface area contributed by atoms with Crippen molar-refractivity contribution in [1.29, 1.82) is 0 Å². The SMILES string of the molecule is O=P([O-])([O-])F.O=P([O-])([O-])F.O=P([O-])([O-])F.[Al+3].[Fe+2].[K+]. The van der Waals surface area contributed by atoms with Crippen LogP contribution in [0.5, 0.6) is 0 Å². The third-order valence-corrected chi connectivity index (χ3v) is 0. The summed E-state index contributed by atoms with van der Waals surface area (Å²) in [4.78, 5) is 50.6. The summed E-state index contributed by atoms with van der Waals surface area (Å²) in [5, 5.41) is 0. The van der Waals surface area contributed by atoms with Gasteiger partial charge >= 0.3 is 85.8 Å². The van der Waals surface area contributed by atoms with Crippen LogP contribution in [-0.4, -0.2) is 17.4 Å². The monoisotopic (exact) mass is 416 g/mol. The molecule has 18 heavy (non-hydrogen) atoms. The van der Waals surface area contributed by atoms with Crippen molar-refractivity contribution in [2.24, 2.45) is 0 Å². The minimum Gasteiger partial charge on any atom is -0.786 e. The van der Waals surface area contributed by atoms with Crippen LogP contribution in [-0.2, 0) is 30.8 Å². The molecule has 9 nitrogen and oxygen atoms in total. The van der Waals surface area contributed by atoms with E-state index in [0.717, 1.165) is 0 Å². The van der Waals surface area contributed by atoms with Crippen LogP contribution in [0.3, 0.4) is 0 Å². The molecular weight excluding hydrogens is 416 g/mol. The molecule has 0 aliphatic rings. The van der Waals surface area contributed by atoms with E-state index in [-0.39, 0.29) is 85.8 Å². The van der Waals surface area contributed by atoms with Gasteiger partial charge in [0.1, 0.15) is 23.7 Å². The molecule has 0 aromatic heterocycles. The van der Waals surface area contributed by atoms with Gasteiger partial charge in [-0.1, -0.05) is 0 Å². The van der Waals surface area contributed by atoms with Gasteiger partial charge in [0.2, 0.25) is 0 Å². The molecule has 0 amide bonds. The van der Waals surface area contributed by atoms with E-state index < -0.39 is 23.7 Å². The summed E-state index contributed by atoms with van der Waals surface area (Å²) in [6.45, 7) is 0. The Hall–Kier alpha value is 2.93. The molecule has 102 valence electrons. The molecule has 0 aliphatic heterocycles. The molecule has 0 aromatic rings. The first-order valence-electron chi connectivity index (χ1n) is 2.15. The minimum atomic E-state index is -5.64. The average Bonchev–Trinajstić information content (AvgIpc) is 1.41. The number of halogens is 3. The van der Waals surface area contributed by atoms with Crippen LogP contribution >= 0.6 is 23.7 Å². The summed E-state index contributed by atoms with van der Waals surface area (Å²) in [6.07, 6.45) is 0. The smallest absolute Gasteiger partial charge is 0.786 e. The second-order valence-corrected chi connectivity index (χ2v) is 3.88. The Morgan fingerprint density at radius 2 is 0.611 bits per heavy atom. The van der Waals surface area contributed by atoms with Gasteiger partial charge in [0, 0.05) is 0 Å². The zero-order chi connectivity index (χ0) is 13.5. The summed E-state index contributed by atoms with van der Waals surface area (Å²) in [5.41, 5.74) is 0. The first-order chi connectivity index (χ1) is 6.00. The van der Waals surface area contributed by atoms with Gasteiger partial charge in [0.05, 0.1) is 0 Å². The molecule has 0 rings (SSSR count). The molecule has 0 saturated heterocycles. The van der Waals surface area contributed by atoms with Crippen molar-refractivity contribution in [3.63, 3.8) is 0 Å². The molecule has 0 heterocycles. The first-order valence-corrected chi connectivity index (χ1v) is 6.45. The maximum Gasteiger partial charge on any atom is 3.00 e. The van der Waals surface area contributed by atoms with Crippen molar-refractivity contribution in [2.45, 2.75) is 0 Å². The van der Waals surface area contributed by atoms with E-state index in [0.29, 0.717) is 0 Å². The van der Waals surface area contributed by atoms with Crippen LogP contribution in [0.4, 0.5) is 12.6 Å². The fourth-order valence-corrected chi connectivity index (χ4v) is 0. The van der Waals surface area contributed by atoms with Crippen LogP contribution in [0.25, 0.3) is 0 Å². The summed E-state index contributed by atoms with van der Waals surface area (Å²) < 4.78 is 55.7. The van der Waals surface area contributed by atoms with Crippen LogP contribution in [0.2, 0.25) is 0 Å². The van der Waals surface area contributed by atoms with E-state index in [1.54, 1.807) is 0 Å². The van der Waals surface area contributed by atoms with Crippen molar-refractivity contribution < 1.29 is 124 Å². The predicted molar refractivity (Wildman–Crippen MR) is 31.9 cm³/mol. The van der Waals surface area contributed by atoms with Gasteiger partial charge in [-0.3, -0.25) is 0 Å². The Labute approximate surface area is 163 Å². The van der Waals surface area contributed by atoms with Crippen molar-refractivity contribution in [3.05, 3.63) is 0 Å². The maximum absolute atomic E-state index is 10.1. The van der Waals surface area contributed by atoms with Gasteiger partial charge in [-0.25, -0.2) is 12.6 Å². The molecule has 18 heteroatoms. The van der Waals surface area contributed by atoms with Crippen LogP contribution in [0.1, 0.15) is 0 Å². The molecule has 0 N–H and O–H groups in total. The Balaban J connectivity index is -0.0000000277. The van der Waals surface area contributed by atoms with E-state index in [1.165, 1.54) is 0 Å². The summed E-state index contributed by atoms with van der Waals surface area (Å²) in [7, 11) is -16.9. The van der Waals surface area contributed by atoms with E-state index in [2.05, 4.69) is 0 Å². The van der Waals surface area contributed by atoms with Crippen molar-refractivity contribution in [1.82, 2.24) is 0 Å². The fraction of sp³-hybridized carbons (Fsp3) is 0. The van der Waals surface area contributed by atoms with Gasteiger partial charge in [-0.15, -0.1) is 0 Å². The van der Waals surface area contributed by atoms with E-state index in [4.69, 9.17) is 43.1 Å². The fourth-order valence-electron chi connectivity index (χ4n) is 0. The molecule has 0 radical (unpaired) electrons. The molecule has 0 unspecified atom stereocenters. The molecule has 0 saturated carbocycles. The second-order valence-electron chi connectivity index (χ2n) is 1.29. The van der Waals surface area contributed by atoms with Crippen molar-refractivity contribution >= 4 is 41.1 Å². The average molecular weight is 416 g/mol. The van der Waals surface area contributed by atoms with Gasteiger partial charge in [0.15, 0.2) is 0 Å². The summed E-state index contributed by atoms with van der Waals surface area (Å²) in [6, 6.07) is 0. The maximum atomic E-state index is 10.1. The molecule has 0 spiro atoms. The topological polar surface area (TPSA) is 190 Å². The predicted octanol–water partition coefficient (Wildman–Crippen LogP) is -7.03. The van der Waals surface area contributed by atoms with Gasteiger partial charge in [-0.05, 0) is 0 Å².